The molecule has 0 spiro atoms. The van der Waals surface area contributed by atoms with Crippen molar-refractivity contribution in [2.75, 3.05) is 5.43 Å². The summed E-state index contributed by atoms with van der Waals surface area (Å²) in [6.45, 7) is 5.11. The number of anilines is 1. The molecule has 1 aromatic rings. The zero-order chi connectivity index (χ0) is 13.8. The third kappa shape index (κ3) is 4.02. The molecule has 4 N–H and O–H groups in total. The number of imide groups is 1. The number of aromatic nitrogens is 1. The van der Waals surface area contributed by atoms with E-state index in [1.165, 1.54) is 18.5 Å². The Bertz CT molecular complexity index is 454. The van der Waals surface area contributed by atoms with Crippen molar-refractivity contribution in [3.05, 3.63) is 24.0 Å². The van der Waals surface area contributed by atoms with Crippen LogP contribution in [0.15, 0.2) is 18.5 Å². The van der Waals surface area contributed by atoms with Gasteiger partial charge in [-0.2, -0.15) is 0 Å². The fourth-order valence-electron chi connectivity index (χ4n) is 1.16. The number of carbonyl (C=O) groups excluding carboxylic acids is 2. The van der Waals surface area contributed by atoms with Crippen LogP contribution in [0.2, 0.25) is 0 Å². The van der Waals surface area contributed by atoms with Crippen LogP contribution in [0.1, 0.15) is 31.1 Å². The lowest BCUT2D eigenvalue weighted by atomic mass is 10.2. The zero-order valence-electron chi connectivity index (χ0n) is 10.5. The molecule has 0 bridgehead atoms. The lowest BCUT2D eigenvalue weighted by Gasteiger charge is -2.19. The summed E-state index contributed by atoms with van der Waals surface area (Å²) in [5.74, 6) is 4.61. The van der Waals surface area contributed by atoms with Crippen LogP contribution in [0, 0.1) is 0 Å². The number of hydrogen-bond donors (Lipinski definition) is 3. The molecule has 0 aliphatic carbocycles. The fraction of sp³-hybridized carbons (Fsp3) is 0.364. The molecule has 1 heterocycles. The summed E-state index contributed by atoms with van der Waals surface area (Å²) in [6, 6.07) is 1.52. The first-order chi connectivity index (χ1) is 8.33. The molecule has 18 heavy (non-hydrogen) atoms. The van der Waals surface area contributed by atoms with Crippen LogP contribution in [-0.4, -0.2) is 22.6 Å². The van der Waals surface area contributed by atoms with Crippen molar-refractivity contribution in [3.63, 3.8) is 0 Å². The number of rotatable bonds is 2. The largest absolute Gasteiger partial charge is 0.444 e. The number of amides is 2. The Kier molecular flexibility index (Phi) is 4.22. The molecular weight excluding hydrogens is 236 g/mol. The van der Waals surface area contributed by atoms with Crippen molar-refractivity contribution in [1.29, 1.82) is 0 Å². The molecule has 1 rings (SSSR count). The predicted molar refractivity (Wildman–Crippen MR) is 65.7 cm³/mol. The molecule has 0 aliphatic heterocycles. The van der Waals surface area contributed by atoms with Crippen LogP contribution in [0.3, 0.4) is 0 Å². The second-order valence-corrected chi connectivity index (χ2v) is 4.52. The molecule has 0 aromatic carbocycles. The molecule has 7 nitrogen and oxygen atoms in total. The summed E-state index contributed by atoms with van der Waals surface area (Å²) in [5.41, 5.74) is 2.20. The van der Waals surface area contributed by atoms with E-state index in [4.69, 9.17) is 10.6 Å². The molecule has 98 valence electrons. The van der Waals surface area contributed by atoms with Crippen molar-refractivity contribution in [3.8, 4) is 0 Å². The number of pyridine rings is 1. The fourth-order valence-corrected chi connectivity index (χ4v) is 1.16. The van der Waals surface area contributed by atoms with Crippen molar-refractivity contribution in [2.45, 2.75) is 26.4 Å². The molecule has 2 amide bonds. The average molecular weight is 252 g/mol. The SMILES string of the molecule is CC(C)(C)OC(=O)NC(=O)c1cnccc1NN. The van der Waals surface area contributed by atoms with E-state index in [2.05, 4.69) is 15.7 Å². The molecule has 0 fully saturated rings. The summed E-state index contributed by atoms with van der Waals surface area (Å²) in [6.07, 6.45) is 1.95. The van der Waals surface area contributed by atoms with Gasteiger partial charge in [-0.1, -0.05) is 0 Å². The lowest BCUT2D eigenvalue weighted by Crippen LogP contribution is -2.36. The van der Waals surface area contributed by atoms with Crippen LogP contribution in [0.5, 0.6) is 0 Å². The minimum absolute atomic E-state index is 0.158. The number of carbonyl (C=O) groups is 2. The molecule has 0 atom stereocenters. The molecule has 7 heteroatoms. The van der Waals surface area contributed by atoms with Crippen LogP contribution in [0.25, 0.3) is 0 Å². The van der Waals surface area contributed by atoms with Crippen LogP contribution >= 0.6 is 0 Å². The van der Waals surface area contributed by atoms with E-state index in [0.29, 0.717) is 5.69 Å². The molecule has 0 unspecified atom stereocenters. The van der Waals surface area contributed by atoms with E-state index in [1.807, 2.05) is 0 Å². The second kappa shape index (κ2) is 5.46. The maximum absolute atomic E-state index is 11.8. The molecule has 0 radical (unpaired) electrons. The monoisotopic (exact) mass is 252 g/mol. The highest BCUT2D eigenvalue weighted by Gasteiger charge is 2.20. The van der Waals surface area contributed by atoms with E-state index in [1.54, 1.807) is 20.8 Å². The number of hydrazine groups is 1. The first-order valence-corrected chi connectivity index (χ1v) is 5.28. The third-order valence-electron chi connectivity index (χ3n) is 1.84. The molecule has 0 saturated heterocycles. The molecule has 1 aromatic heterocycles. The van der Waals surface area contributed by atoms with Gasteiger partial charge in [0.25, 0.3) is 5.91 Å². The Morgan fingerprint density at radius 3 is 2.61 bits per heavy atom. The number of nitrogens with zero attached hydrogens (tertiary/aromatic N) is 1. The standard InChI is InChI=1S/C11H16N4O3/c1-11(2,3)18-10(17)14-9(16)7-6-13-5-4-8(7)15-12/h4-6H,12H2,1-3H3,(H,13,15)(H,14,16,17). The Morgan fingerprint density at radius 2 is 2.06 bits per heavy atom. The maximum atomic E-state index is 11.8. The van der Waals surface area contributed by atoms with Crippen LogP contribution in [0.4, 0.5) is 10.5 Å². The van der Waals surface area contributed by atoms with Gasteiger partial charge in [0.15, 0.2) is 0 Å². The third-order valence-corrected chi connectivity index (χ3v) is 1.84. The molecule has 0 saturated carbocycles. The van der Waals surface area contributed by atoms with Gasteiger partial charge in [-0.15, -0.1) is 0 Å². The number of nitrogens with two attached hydrogens (primary N) is 1. The van der Waals surface area contributed by atoms with Gasteiger partial charge < -0.3 is 10.2 Å². The smallest absolute Gasteiger partial charge is 0.414 e. The number of nitrogen functional groups attached to an aromatic ring is 1. The van der Waals surface area contributed by atoms with E-state index in [0.717, 1.165) is 0 Å². The molecule has 0 aliphatic rings. The van der Waals surface area contributed by atoms with Gasteiger partial charge in [-0.05, 0) is 26.8 Å². The minimum Gasteiger partial charge on any atom is -0.444 e. The van der Waals surface area contributed by atoms with E-state index < -0.39 is 17.6 Å². The first-order valence-electron chi connectivity index (χ1n) is 5.28. The highest BCUT2D eigenvalue weighted by Crippen LogP contribution is 2.12. The van der Waals surface area contributed by atoms with Crippen molar-refractivity contribution in [2.24, 2.45) is 5.84 Å². The Balaban J connectivity index is 2.74. The zero-order valence-corrected chi connectivity index (χ0v) is 10.5. The van der Waals surface area contributed by atoms with Gasteiger partial charge in [-0.25, -0.2) is 4.79 Å². The summed E-state index contributed by atoms with van der Waals surface area (Å²) in [4.78, 5) is 27.0. The van der Waals surface area contributed by atoms with Crippen molar-refractivity contribution >= 4 is 17.7 Å². The normalized spacial score (nSPS) is 10.7. The molecular formula is C11H16N4O3. The van der Waals surface area contributed by atoms with Gasteiger partial charge in [0.2, 0.25) is 0 Å². The number of hydrogen-bond acceptors (Lipinski definition) is 6. The summed E-state index contributed by atoms with van der Waals surface area (Å²) < 4.78 is 4.96. The number of nitrogens with one attached hydrogen (secondary N) is 2. The van der Waals surface area contributed by atoms with Gasteiger partial charge >= 0.3 is 6.09 Å². The van der Waals surface area contributed by atoms with Gasteiger partial charge in [0.1, 0.15) is 5.60 Å². The van der Waals surface area contributed by atoms with E-state index >= 15 is 0 Å². The second-order valence-electron chi connectivity index (χ2n) is 4.52. The van der Waals surface area contributed by atoms with Crippen LogP contribution < -0.4 is 16.6 Å². The first kappa shape index (κ1) is 13.9. The average Bonchev–Trinajstić information content (AvgIpc) is 2.26. The Morgan fingerprint density at radius 1 is 1.39 bits per heavy atom. The predicted octanol–water partition coefficient (Wildman–Crippen LogP) is 1.03. The minimum atomic E-state index is -0.820. The lowest BCUT2D eigenvalue weighted by molar-refractivity contribution is 0.0508. The van der Waals surface area contributed by atoms with Crippen molar-refractivity contribution in [1.82, 2.24) is 10.3 Å². The number of ether oxygens (including phenoxy) is 1. The summed E-state index contributed by atoms with van der Waals surface area (Å²) in [5, 5.41) is 2.09. The highest BCUT2D eigenvalue weighted by atomic mass is 16.6. The van der Waals surface area contributed by atoms with E-state index in [-0.39, 0.29) is 5.56 Å². The topological polar surface area (TPSA) is 106 Å². The Hall–Kier alpha value is -2.15. The van der Waals surface area contributed by atoms with Crippen LogP contribution in [-0.2, 0) is 4.74 Å². The van der Waals surface area contributed by atoms with Gasteiger partial charge in [0.05, 0.1) is 11.3 Å². The summed E-state index contributed by atoms with van der Waals surface area (Å²) >= 11 is 0. The number of alkyl carbamates (subject to hydrolysis) is 1. The Labute approximate surface area is 105 Å². The maximum Gasteiger partial charge on any atom is 0.414 e. The van der Waals surface area contributed by atoms with E-state index in [9.17, 15) is 9.59 Å². The van der Waals surface area contributed by atoms with Crippen molar-refractivity contribution < 1.29 is 14.3 Å². The van der Waals surface area contributed by atoms with Gasteiger partial charge in [-0.3, -0.25) is 20.9 Å². The van der Waals surface area contributed by atoms with Gasteiger partial charge in [0, 0.05) is 12.4 Å². The summed E-state index contributed by atoms with van der Waals surface area (Å²) in [7, 11) is 0. The highest BCUT2D eigenvalue weighted by molar-refractivity contribution is 6.06. The quantitative estimate of drug-likeness (QED) is 0.536.